The highest BCUT2D eigenvalue weighted by atomic mass is 16.2. The number of nitrogens with one attached hydrogen (secondary N) is 1. The van der Waals surface area contributed by atoms with Crippen LogP contribution in [0.5, 0.6) is 0 Å². The van der Waals surface area contributed by atoms with Crippen molar-refractivity contribution >= 4 is 17.8 Å². The number of hydrogen-bond acceptors (Lipinski definition) is 3. The van der Waals surface area contributed by atoms with Gasteiger partial charge in [0.05, 0.1) is 0 Å². The lowest BCUT2D eigenvalue weighted by molar-refractivity contribution is -0.151. The van der Waals surface area contributed by atoms with Gasteiger partial charge in [-0.25, -0.2) is 4.79 Å². The third-order valence-corrected chi connectivity index (χ3v) is 3.64. The number of urea groups is 1. The number of amides is 4. The van der Waals surface area contributed by atoms with Crippen LogP contribution in [0, 0.1) is 10.8 Å². The molecule has 0 aromatic heterocycles. The third kappa shape index (κ3) is 2.02. The van der Waals surface area contributed by atoms with Gasteiger partial charge >= 0.3 is 6.03 Å². The summed E-state index contributed by atoms with van der Waals surface area (Å²) in [5, 5.41) is 2.34. The first-order chi connectivity index (χ1) is 8.26. The quantitative estimate of drug-likeness (QED) is 0.722. The van der Waals surface area contributed by atoms with Gasteiger partial charge in [0.1, 0.15) is 5.41 Å². The molecule has 18 heavy (non-hydrogen) atoms. The molecule has 0 bridgehead atoms. The Bertz CT molecular complexity index is 403. The summed E-state index contributed by atoms with van der Waals surface area (Å²) in [5.41, 5.74) is -1.15. The minimum absolute atomic E-state index is 0.173. The molecule has 0 atom stereocenters. The van der Waals surface area contributed by atoms with Gasteiger partial charge in [0.2, 0.25) is 11.8 Å². The van der Waals surface area contributed by atoms with Crippen LogP contribution in [0.4, 0.5) is 4.79 Å². The molecular formula is C13H20N2O3. The zero-order chi connectivity index (χ0) is 13.6. The van der Waals surface area contributed by atoms with Gasteiger partial charge in [-0.2, -0.15) is 0 Å². The van der Waals surface area contributed by atoms with Crippen molar-refractivity contribution in [2.75, 3.05) is 6.54 Å². The number of carbonyl (C=O) groups excluding carboxylic acids is 3. The van der Waals surface area contributed by atoms with Crippen LogP contribution in [0.15, 0.2) is 0 Å². The number of nitrogens with zero attached hydrogens (tertiary/aromatic N) is 1. The maximum atomic E-state index is 12.5. The first-order valence-electron chi connectivity index (χ1n) is 6.44. The fourth-order valence-corrected chi connectivity index (χ4v) is 2.77. The monoisotopic (exact) mass is 252 g/mol. The lowest BCUT2D eigenvalue weighted by Gasteiger charge is -2.39. The zero-order valence-electron chi connectivity index (χ0n) is 11.2. The molecule has 0 radical (unpaired) electrons. The highest BCUT2D eigenvalue weighted by molar-refractivity contribution is 6.19. The summed E-state index contributed by atoms with van der Waals surface area (Å²) < 4.78 is 0. The van der Waals surface area contributed by atoms with E-state index in [0.717, 1.165) is 12.8 Å². The molecule has 1 aliphatic heterocycles. The van der Waals surface area contributed by atoms with Crippen LogP contribution in [-0.4, -0.2) is 29.3 Å². The van der Waals surface area contributed by atoms with E-state index in [0.29, 0.717) is 19.4 Å². The number of hydrogen-bond donors (Lipinski definition) is 1. The molecule has 0 aromatic rings. The highest BCUT2D eigenvalue weighted by Gasteiger charge is 2.55. The maximum Gasteiger partial charge on any atom is 0.330 e. The summed E-state index contributed by atoms with van der Waals surface area (Å²) in [5.74, 6) is -0.705. The number of rotatable bonds is 1. The first kappa shape index (κ1) is 13.1. The summed E-state index contributed by atoms with van der Waals surface area (Å²) in [6.07, 6.45) is 2.87. The fraction of sp³-hybridized carbons (Fsp3) is 0.769. The predicted molar refractivity (Wildman–Crippen MR) is 65.6 cm³/mol. The summed E-state index contributed by atoms with van der Waals surface area (Å²) in [6.45, 7) is 6.23. The van der Waals surface area contributed by atoms with Crippen LogP contribution in [0.2, 0.25) is 0 Å². The molecule has 100 valence electrons. The average molecular weight is 252 g/mol. The second-order valence-electron chi connectivity index (χ2n) is 6.50. The van der Waals surface area contributed by atoms with E-state index in [9.17, 15) is 14.4 Å². The predicted octanol–water partition coefficient (Wildman–Crippen LogP) is 1.67. The second kappa shape index (κ2) is 4.07. The van der Waals surface area contributed by atoms with Crippen molar-refractivity contribution < 1.29 is 14.4 Å². The Hall–Kier alpha value is -1.39. The van der Waals surface area contributed by atoms with Crippen molar-refractivity contribution in [1.82, 2.24) is 10.2 Å². The van der Waals surface area contributed by atoms with Crippen molar-refractivity contribution in [1.29, 1.82) is 0 Å². The number of imide groups is 2. The zero-order valence-corrected chi connectivity index (χ0v) is 11.2. The second-order valence-corrected chi connectivity index (χ2v) is 6.50. The van der Waals surface area contributed by atoms with Crippen molar-refractivity contribution in [2.45, 2.75) is 46.5 Å². The normalized spacial score (nSPS) is 23.7. The molecule has 2 aliphatic rings. The molecule has 2 fully saturated rings. The summed E-state index contributed by atoms with van der Waals surface area (Å²) in [7, 11) is 0. The lowest BCUT2D eigenvalue weighted by atomic mass is 9.81. The Balaban J connectivity index is 2.29. The van der Waals surface area contributed by atoms with Crippen LogP contribution >= 0.6 is 0 Å². The molecule has 1 spiro atoms. The van der Waals surface area contributed by atoms with Gasteiger partial charge in [-0.1, -0.05) is 33.6 Å². The summed E-state index contributed by atoms with van der Waals surface area (Å²) in [6, 6.07) is -0.572. The van der Waals surface area contributed by atoms with Crippen molar-refractivity contribution in [3.8, 4) is 0 Å². The van der Waals surface area contributed by atoms with Gasteiger partial charge in [-0.3, -0.25) is 19.8 Å². The molecule has 1 aliphatic carbocycles. The van der Waals surface area contributed by atoms with Crippen LogP contribution in [0.25, 0.3) is 0 Å². The van der Waals surface area contributed by atoms with Crippen molar-refractivity contribution in [3.05, 3.63) is 0 Å². The summed E-state index contributed by atoms with van der Waals surface area (Å²) in [4.78, 5) is 37.5. The van der Waals surface area contributed by atoms with E-state index in [1.165, 1.54) is 4.90 Å². The van der Waals surface area contributed by atoms with Gasteiger partial charge in [-0.05, 0) is 18.3 Å². The van der Waals surface area contributed by atoms with Crippen molar-refractivity contribution in [2.24, 2.45) is 10.8 Å². The molecule has 1 N–H and O–H groups in total. The molecule has 5 nitrogen and oxygen atoms in total. The van der Waals surface area contributed by atoms with E-state index < -0.39 is 17.4 Å². The standard InChI is InChI=1S/C13H20N2O3/c1-12(2,3)8-15-10(17)13(6-4-5-7-13)9(16)14-11(15)18/h4-8H2,1-3H3,(H,14,16,18). The van der Waals surface area contributed by atoms with E-state index in [-0.39, 0.29) is 11.3 Å². The van der Waals surface area contributed by atoms with Gasteiger partial charge in [0.25, 0.3) is 0 Å². The third-order valence-electron chi connectivity index (χ3n) is 3.64. The Morgan fingerprint density at radius 1 is 1.17 bits per heavy atom. The maximum absolute atomic E-state index is 12.5. The largest absolute Gasteiger partial charge is 0.330 e. The molecule has 1 saturated carbocycles. The Kier molecular flexibility index (Phi) is 2.95. The van der Waals surface area contributed by atoms with Crippen LogP contribution < -0.4 is 5.32 Å². The van der Waals surface area contributed by atoms with Crippen LogP contribution in [-0.2, 0) is 9.59 Å². The SMILES string of the molecule is CC(C)(C)CN1C(=O)NC(=O)C2(CCCC2)C1=O. The smallest absolute Gasteiger partial charge is 0.277 e. The molecule has 1 heterocycles. The minimum atomic E-state index is -0.973. The van der Waals surface area contributed by atoms with E-state index in [2.05, 4.69) is 5.32 Å². The highest BCUT2D eigenvalue weighted by Crippen LogP contribution is 2.42. The number of barbiturate groups is 1. The van der Waals surface area contributed by atoms with Gasteiger partial charge in [0, 0.05) is 6.54 Å². The van der Waals surface area contributed by atoms with E-state index in [1.807, 2.05) is 20.8 Å². The first-order valence-corrected chi connectivity index (χ1v) is 6.44. The topological polar surface area (TPSA) is 66.5 Å². The molecule has 2 rings (SSSR count). The number of carbonyl (C=O) groups is 3. The van der Waals surface area contributed by atoms with Gasteiger partial charge in [0.15, 0.2) is 0 Å². The minimum Gasteiger partial charge on any atom is -0.277 e. The molecule has 5 heteroatoms. The van der Waals surface area contributed by atoms with E-state index in [1.54, 1.807) is 0 Å². The average Bonchev–Trinajstić information content (AvgIpc) is 2.71. The molecule has 0 unspecified atom stereocenters. The van der Waals surface area contributed by atoms with Gasteiger partial charge in [-0.15, -0.1) is 0 Å². The Morgan fingerprint density at radius 2 is 1.72 bits per heavy atom. The Morgan fingerprint density at radius 3 is 2.22 bits per heavy atom. The van der Waals surface area contributed by atoms with E-state index in [4.69, 9.17) is 0 Å². The van der Waals surface area contributed by atoms with Crippen LogP contribution in [0.3, 0.4) is 0 Å². The van der Waals surface area contributed by atoms with E-state index >= 15 is 0 Å². The van der Waals surface area contributed by atoms with Gasteiger partial charge < -0.3 is 0 Å². The molecular weight excluding hydrogens is 232 g/mol. The van der Waals surface area contributed by atoms with Crippen molar-refractivity contribution in [3.63, 3.8) is 0 Å². The molecule has 0 aromatic carbocycles. The fourth-order valence-electron chi connectivity index (χ4n) is 2.77. The Labute approximate surface area is 107 Å². The molecule has 4 amide bonds. The lowest BCUT2D eigenvalue weighted by Crippen LogP contribution is -2.64. The van der Waals surface area contributed by atoms with Crippen LogP contribution in [0.1, 0.15) is 46.5 Å². The molecule has 1 saturated heterocycles. The summed E-state index contributed by atoms with van der Waals surface area (Å²) >= 11 is 0.